The molecular formula is C24H36O5. The Morgan fingerprint density at radius 3 is 2.28 bits per heavy atom. The van der Waals surface area contributed by atoms with Gasteiger partial charge in [-0.1, -0.05) is 33.8 Å². The zero-order valence-corrected chi connectivity index (χ0v) is 18.7. The predicted molar refractivity (Wildman–Crippen MR) is 110 cm³/mol. The Hall–Kier alpha value is -1.65. The average molecular weight is 405 g/mol. The van der Waals surface area contributed by atoms with E-state index in [-0.39, 0.29) is 40.9 Å². The zero-order valence-electron chi connectivity index (χ0n) is 18.7. The molecule has 3 saturated carbocycles. The first-order valence-corrected chi connectivity index (χ1v) is 10.9. The van der Waals surface area contributed by atoms with Gasteiger partial charge in [0.05, 0.1) is 0 Å². The van der Waals surface area contributed by atoms with Crippen molar-refractivity contribution in [1.29, 1.82) is 0 Å². The maximum absolute atomic E-state index is 13.3. The van der Waals surface area contributed by atoms with Crippen molar-refractivity contribution in [2.75, 3.05) is 0 Å². The average Bonchev–Trinajstić information content (AvgIpc) is 2.99. The Bertz CT molecular complexity index is 729. The van der Waals surface area contributed by atoms with Crippen LogP contribution in [0.5, 0.6) is 0 Å². The highest BCUT2D eigenvalue weighted by molar-refractivity contribution is 5.85. The summed E-state index contributed by atoms with van der Waals surface area (Å²) in [5.74, 6) is -0.329. The standard InChI is InChI=1S/C24H36O5/c1-8-22(6)13-19(28-16(4)25)23(7)14(2)9-11-24(12-10-18(27)20(23)24)15(3)21(22)29-17(5)26/h8,14-15,19-21H,1,9-13H2,2-7H3/t14-,15+,19-,20-,21+,22-,23+,24+/m1/s1. The van der Waals surface area contributed by atoms with Crippen molar-refractivity contribution >= 4 is 17.7 Å². The molecule has 0 aromatic rings. The number of Topliss-reactive ketones (excluding diaryl/α,β-unsaturated/α-hetero) is 1. The molecule has 3 rings (SSSR count). The number of carbonyl (C=O) groups excluding carboxylic acids is 3. The zero-order chi connectivity index (χ0) is 21.8. The molecule has 0 amide bonds. The summed E-state index contributed by atoms with van der Waals surface area (Å²) in [5, 5.41) is 0. The molecule has 0 spiro atoms. The molecule has 0 aromatic carbocycles. The lowest BCUT2D eigenvalue weighted by atomic mass is 9.44. The second kappa shape index (κ2) is 7.24. The monoisotopic (exact) mass is 404 g/mol. The number of hydrogen-bond donors (Lipinski definition) is 0. The van der Waals surface area contributed by atoms with Crippen LogP contribution in [-0.2, 0) is 23.9 Å². The fourth-order valence-corrected chi connectivity index (χ4v) is 7.10. The van der Waals surface area contributed by atoms with Crippen LogP contribution in [-0.4, -0.2) is 29.9 Å². The van der Waals surface area contributed by atoms with E-state index in [0.717, 1.165) is 19.3 Å². The number of hydrogen-bond acceptors (Lipinski definition) is 5. The Kier molecular flexibility index (Phi) is 5.51. The smallest absolute Gasteiger partial charge is 0.302 e. The Morgan fingerprint density at radius 2 is 1.72 bits per heavy atom. The normalized spacial score (nSPS) is 46.8. The van der Waals surface area contributed by atoms with E-state index >= 15 is 0 Å². The summed E-state index contributed by atoms with van der Waals surface area (Å²) in [6, 6.07) is 0. The summed E-state index contributed by atoms with van der Waals surface area (Å²) in [6.45, 7) is 15.4. The third-order valence-corrected chi connectivity index (χ3v) is 8.86. The van der Waals surface area contributed by atoms with E-state index in [2.05, 4.69) is 27.4 Å². The molecule has 3 aliphatic rings. The molecule has 0 aliphatic heterocycles. The molecule has 0 heterocycles. The molecule has 8 atom stereocenters. The van der Waals surface area contributed by atoms with Gasteiger partial charge in [-0.3, -0.25) is 14.4 Å². The van der Waals surface area contributed by atoms with E-state index in [1.54, 1.807) is 0 Å². The van der Waals surface area contributed by atoms with Gasteiger partial charge >= 0.3 is 11.9 Å². The summed E-state index contributed by atoms with van der Waals surface area (Å²) in [5.41, 5.74) is -1.26. The molecule has 0 N–H and O–H groups in total. The van der Waals surface area contributed by atoms with Crippen LogP contribution in [0.15, 0.2) is 12.7 Å². The van der Waals surface area contributed by atoms with Gasteiger partial charge < -0.3 is 9.47 Å². The molecule has 162 valence electrons. The first-order chi connectivity index (χ1) is 13.4. The van der Waals surface area contributed by atoms with Crippen molar-refractivity contribution in [3.63, 3.8) is 0 Å². The first kappa shape index (κ1) is 22.0. The molecule has 3 fully saturated rings. The van der Waals surface area contributed by atoms with Crippen molar-refractivity contribution in [3.8, 4) is 0 Å². The van der Waals surface area contributed by atoms with E-state index in [4.69, 9.17) is 9.47 Å². The van der Waals surface area contributed by atoms with Gasteiger partial charge in [-0.05, 0) is 37.0 Å². The van der Waals surface area contributed by atoms with Gasteiger partial charge in [0, 0.05) is 42.9 Å². The summed E-state index contributed by atoms with van der Waals surface area (Å²) in [4.78, 5) is 37.5. The van der Waals surface area contributed by atoms with E-state index in [0.29, 0.717) is 12.8 Å². The fourth-order valence-electron chi connectivity index (χ4n) is 7.10. The van der Waals surface area contributed by atoms with E-state index in [1.165, 1.54) is 13.8 Å². The summed E-state index contributed by atoms with van der Waals surface area (Å²) in [7, 11) is 0. The Balaban J connectivity index is 2.25. The molecule has 5 nitrogen and oxygen atoms in total. The maximum Gasteiger partial charge on any atom is 0.302 e. The third kappa shape index (κ3) is 3.16. The van der Waals surface area contributed by atoms with Gasteiger partial charge in [-0.2, -0.15) is 0 Å². The van der Waals surface area contributed by atoms with Crippen LogP contribution in [0.25, 0.3) is 0 Å². The van der Waals surface area contributed by atoms with Gasteiger partial charge in [-0.25, -0.2) is 0 Å². The topological polar surface area (TPSA) is 69.7 Å². The molecule has 0 saturated heterocycles. The van der Waals surface area contributed by atoms with Crippen molar-refractivity contribution in [2.24, 2.45) is 34.0 Å². The second-order valence-corrected chi connectivity index (χ2v) is 10.3. The van der Waals surface area contributed by atoms with Crippen LogP contribution >= 0.6 is 0 Å². The number of esters is 2. The molecule has 3 aliphatic carbocycles. The number of ketones is 1. The lowest BCUT2D eigenvalue weighted by Crippen LogP contribution is -2.63. The van der Waals surface area contributed by atoms with Crippen molar-refractivity contribution in [2.45, 2.75) is 85.9 Å². The van der Waals surface area contributed by atoms with Gasteiger partial charge in [0.15, 0.2) is 0 Å². The van der Waals surface area contributed by atoms with Crippen LogP contribution in [0.4, 0.5) is 0 Å². The van der Waals surface area contributed by atoms with Gasteiger partial charge in [0.25, 0.3) is 0 Å². The van der Waals surface area contributed by atoms with Crippen molar-refractivity contribution in [3.05, 3.63) is 12.7 Å². The number of ether oxygens (including phenoxy) is 2. The third-order valence-electron chi connectivity index (χ3n) is 8.86. The van der Waals surface area contributed by atoms with Crippen LogP contribution in [0, 0.1) is 34.0 Å². The first-order valence-electron chi connectivity index (χ1n) is 10.9. The van der Waals surface area contributed by atoms with Crippen molar-refractivity contribution < 1.29 is 23.9 Å². The fraction of sp³-hybridized carbons (Fsp3) is 0.792. The van der Waals surface area contributed by atoms with Gasteiger partial charge in [0.1, 0.15) is 18.0 Å². The second-order valence-electron chi connectivity index (χ2n) is 10.3. The minimum Gasteiger partial charge on any atom is -0.462 e. The highest BCUT2D eigenvalue weighted by Crippen LogP contribution is 2.68. The molecule has 5 heteroatoms. The maximum atomic E-state index is 13.3. The molecule has 0 aromatic heterocycles. The SMILES string of the molecule is C=C[C@]1(C)C[C@@H](OC(C)=O)[C@]2(C)[C@H](C)CC[C@]3(CCC(=O)[C@@H]32)[C@@H](C)[C@@H]1OC(C)=O. The highest BCUT2D eigenvalue weighted by atomic mass is 16.6. The summed E-state index contributed by atoms with van der Waals surface area (Å²) < 4.78 is 11.9. The minimum atomic E-state index is -0.562. The quantitative estimate of drug-likeness (QED) is 0.512. The lowest BCUT2D eigenvalue weighted by molar-refractivity contribution is -0.212. The lowest BCUT2D eigenvalue weighted by Gasteiger charge is -2.62. The van der Waals surface area contributed by atoms with Crippen LogP contribution in [0.3, 0.4) is 0 Å². The van der Waals surface area contributed by atoms with Gasteiger partial charge in [0.2, 0.25) is 0 Å². The number of carbonyl (C=O) groups is 3. The Labute approximate surface area is 174 Å². The van der Waals surface area contributed by atoms with Crippen LogP contribution < -0.4 is 0 Å². The molecule has 0 radical (unpaired) electrons. The number of rotatable bonds is 3. The molecular weight excluding hydrogens is 368 g/mol. The van der Waals surface area contributed by atoms with E-state index in [9.17, 15) is 14.4 Å². The van der Waals surface area contributed by atoms with E-state index in [1.807, 2.05) is 13.0 Å². The largest absolute Gasteiger partial charge is 0.462 e. The molecule has 29 heavy (non-hydrogen) atoms. The van der Waals surface area contributed by atoms with E-state index < -0.39 is 23.0 Å². The van der Waals surface area contributed by atoms with Crippen LogP contribution in [0.2, 0.25) is 0 Å². The summed E-state index contributed by atoms with van der Waals surface area (Å²) >= 11 is 0. The molecule has 2 bridgehead atoms. The minimum absolute atomic E-state index is 0.0101. The highest BCUT2D eigenvalue weighted by Gasteiger charge is 2.68. The molecule has 0 unspecified atom stereocenters. The Morgan fingerprint density at radius 1 is 1.10 bits per heavy atom. The van der Waals surface area contributed by atoms with Gasteiger partial charge in [-0.15, -0.1) is 6.58 Å². The predicted octanol–water partition coefficient (Wildman–Crippen LogP) is 4.48. The van der Waals surface area contributed by atoms with Crippen LogP contribution in [0.1, 0.15) is 73.6 Å². The summed E-state index contributed by atoms with van der Waals surface area (Å²) in [6.07, 6.45) is 4.74. The van der Waals surface area contributed by atoms with Crippen molar-refractivity contribution in [1.82, 2.24) is 0 Å².